The SMILES string of the molecule is CCCCOCC#CCCl. The first-order valence-electron chi connectivity index (χ1n) is 3.51. The molecule has 0 aliphatic rings. The first-order valence-corrected chi connectivity index (χ1v) is 4.04. The Morgan fingerprint density at radius 2 is 2.20 bits per heavy atom. The maximum atomic E-state index is 5.31. The molecule has 0 radical (unpaired) electrons. The molecule has 0 aliphatic carbocycles. The van der Waals surface area contributed by atoms with E-state index in [2.05, 4.69) is 18.8 Å². The van der Waals surface area contributed by atoms with E-state index < -0.39 is 0 Å². The minimum Gasteiger partial charge on any atom is -0.369 e. The van der Waals surface area contributed by atoms with Crippen molar-refractivity contribution < 1.29 is 4.74 Å². The van der Waals surface area contributed by atoms with Crippen LogP contribution < -0.4 is 0 Å². The highest BCUT2D eigenvalue weighted by Crippen LogP contribution is 1.86. The summed E-state index contributed by atoms with van der Waals surface area (Å²) in [5, 5.41) is 0. The lowest BCUT2D eigenvalue weighted by atomic mass is 10.4. The van der Waals surface area contributed by atoms with E-state index in [0.717, 1.165) is 13.0 Å². The Bertz CT molecular complexity index is 112. The van der Waals surface area contributed by atoms with Gasteiger partial charge in [0.2, 0.25) is 0 Å². The van der Waals surface area contributed by atoms with E-state index in [0.29, 0.717) is 12.5 Å². The third-order valence-corrected chi connectivity index (χ3v) is 1.14. The second-order valence-corrected chi connectivity index (χ2v) is 2.16. The monoisotopic (exact) mass is 160 g/mol. The van der Waals surface area contributed by atoms with Crippen LogP contribution in [0.4, 0.5) is 0 Å². The molecule has 0 rings (SSSR count). The summed E-state index contributed by atoms with van der Waals surface area (Å²) in [5.74, 6) is 5.91. The summed E-state index contributed by atoms with van der Waals surface area (Å²) >= 11 is 5.31. The van der Waals surface area contributed by atoms with E-state index in [-0.39, 0.29) is 0 Å². The standard InChI is InChI=1S/C8H13ClO/c1-2-3-7-10-8-5-4-6-9/h2-3,6-8H2,1H3. The highest BCUT2D eigenvalue weighted by atomic mass is 35.5. The van der Waals surface area contributed by atoms with Crippen LogP contribution in [0.1, 0.15) is 19.8 Å². The highest BCUT2D eigenvalue weighted by Gasteiger charge is 1.81. The number of unbranched alkanes of at least 4 members (excludes halogenated alkanes) is 1. The van der Waals surface area contributed by atoms with Crippen molar-refractivity contribution in [2.75, 3.05) is 19.1 Å². The van der Waals surface area contributed by atoms with Crippen molar-refractivity contribution in [1.29, 1.82) is 0 Å². The van der Waals surface area contributed by atoms with Crippen molar-refractivity contribution in [2.24, 2.45) is 0 Å². The van der Waals surface area contributed by atoms with Crippen molar-refractivity contribution in [3.8, 4) is 11.8 Å². The minimum absolute atomic E-state index is 0.400. The number of rotatable bonds is 4. The normalized spacial score (nSPS) is 8.60. The molecule has 0 spiro atoms. The van der Waals surface area contributed by atoms with Crippen LogP contribution >= 0.6 is 11.6 Å². The molecular weight excluding hydrogens is 148 g/mol. The van der Waals surface area contributed by atoms with Crippen LogP contribution in [0.25, 0.3) is 0 Å². The smallest absolute Gasteiger partial charge is 0.107 e. The third kappa shape index (κ3) is 7.81. The van der Waals surface area contributed by atoms with Gasteiger partial charge in [-0.2, -0.15) is 0 Å². The zero-order valence-electron chi connectivity index (χ0n) is 6.32. The largest absolute Gasteiger partial charge is 0.369 e. The van der Waals surface area contributed by atoms with Crippen LogP contribution in [0.3, 0.4) is 0 Å². The van der Waals surface area contributed by atoms with E-state index in [9.17, 15) is 0 Å². The lowest BCUT2D eigenvalue weighted by Crippen LogP contribution is -1.93. The molecule has 0 unspecified atom stereocenters. The van der Waals surface area contributed by atoms with Gasteiger partial charge in [0.05, 0.1) is 5.88 Å². The molecular formula is C8H13ClO. The minimum atomic E-state index is 0.400. The summed E-state index contributed by atoms with van der Waals surface area (Å²) in [6.45, 7) is 3.47. The Balaban J connectivity index is 2.90. The summed E-state index contributed by atoms with van der Waals surface area (Å²) in [6.07, 6.45) is 2.28. The van der Waals surface area contributed by atoms with Crippen molar-refractivity contribution in [3.05, 3.63) is 0 Å². The third-order valence-electron chi connectivity index (χ3n) is 1.01. The van der Waals surface area contributed by atoms with Crippen molar-refractivity contribution in [2.45, 2.75) is 19.8 Å². The Morgan fingerprint density at radius 3 is 2.80 bits per heavy atom. The van der Waals surface area contributed by atoms with Crippen LogP contribution in [-0.4, -0.2) is 19.1 Å². The van der Waals surface area contributed by atoms with Gasteiger partial charge in [-0.3, -0.25) is 0 Å². The molecule has 0 atom stereocenters. The van der Waals surface area contributed by atoms with Crippen LogP contribution in [0.5, 0.6) is 0 Å². The van der Waals surface area contributed by atoms with Gasteiger partial charge >= 0.3 is 0 Å². The molecule has 2 heteroatoms. The number of halogens is 1. The summed E-state index contributed by atoms with van der Waals surface area (Å²) in [7, 11) is 0. The summed E-state index contributed by atoms with van der Waals surface area (Å²) in [6, 6.07) is 0. The fourth-order valence-electron chi connectivity index (χ4n) is 0.468. The average molecular weight is 161 g/mol. The molecule has 0 saturated carbocycles. The van der Waals surface area contributed by atoms with Crippen molar-refractivity contribution >= 4 is 11.6 Å². The molecule has 10 heavy (non-hydrogen) atoms. The lowest BCUT2D eigenvalue weighted by molar-refractivity contribution is 0.163. The molecule has 0 fully saturated rings. The number of hydrogen-bond donors (Lipinski definition) is 0. The Hall–Kier alpha value is -0.190. The van der Waals surface area contributed by atoms with E-state index in [1.807, 2.05) is 0 Å². The van der Waals surface area contributed by atoms with Crippen LogP contribution in [0.15, 0.2) is 0 Å². The lowest BCUT2D eigenvalue weighted by Gasteiger charge is -1.94. The molecule has 0 saturated heterocycles. The van der Waals surface area contributed by atoms with Gasteiger partial charge < -0.3 is 4.74 Å². The Morgan fingerprint density at radius 1 is 1.40 bits per heavy atom. The number of ether oxygens (including phenoxy) is 1. The van der Waals surface area contributed by atoms with Gasteiger partial charge in [0.15, 0.2) is 0 Å². The predicted octanol–water partition coefficient (Wildman–Crippen LogP) is 2.05. The fraction of sp³-hybridized carbons (Fsp3) is 0.750. The molecule has 0 aliphatic heterocycles. The van der Waals surface area contributed by atoms with Crippen molar-refractivity contribution in [3.63, 3.8) is 0 Å². The van der Waals surface area contributed by atoms with E-state index in [4.69, 9.17) is 16.3 Å². The quantitative estimate of drug-likeness (QED) is 0.348. The molecule has 58 valence electrons. The summed E-state index contributed by atoms with van der Waals surface area (Å²) in [4.78, 5) is 0. The predicted molar refractivity (Wildman–Crippen MR) is 44.2 cm³/mol. The second kappa shape index (κ2) is 8.81. The first-order chi connectivity index (χ1) is 4.91. The molecule has 0 heterocycles. The zero-order chi connectivity index (χ0) is 7.66. The van der Waals surface area contributed by atoms with E-state index in [1.54, 1.807) is 0 Å². The molecule has 0 aromatic carbocycles. The van der Waals surface area contributed by atoms with Gasteiger partial charge in [-0.05, 0) is 6.42 Å². The first kappa shape index (κ1) is 9.81. The summed E-state index contributed by atoms with van der Waals surface area (Å²) < 4.78 is 5.14. The fourth-order valence-corrected chi connectivity index (χ4v) is 0.562. The van der Waals surface area contributed by atoms with Gasteiger partial charge in [0.1, 0.15) is 6.61 Å². The molecule has 0 bridgehead atoms. The van der Waals surface area contributed by atoms with Gasteiger partial charge in [0.25, 0.3) is 0 Å². The molecule has 0 aromatic heterocycles. The highest BCUT2D eigenvalue weighted by molar-refractivity contribution is 6.19. The maximum absolute atomic E-state index is 5.31. The van der Waals surface area contributed by atoms with Gasteiger partial charge in [-0.15, -0.1) is 11.6 Å². The van der Waals surface area contributed by atoms with Crippen LogP contribution in [0.2, 0.25) is 0 Å². The molecule has 0 N–H and O–H groups in total. The van der Waals surface area contributed by atoms with Gasteiger partial charge in [0, 0.05) is 6.61 Å². The topological polar surface area (TPSA) is 9.23 Å². The Labute approximate surface area is 67.7 Å². The van der Waals surface area contributed by atoms with Crippen molar-refractivity contribution in [1.82, 2.24) is 0 Å². The second-order valence-electron chi connectivity index (χ2n) is 1.89. The molecule has 0 amide bonds. The van der Waals surface area contributed by atoms with Gasteiger partial charge in [-0.25, -0.2) is 0 Å². The van der Waals surface area contributed by atoms with Crippen LogP contribution in [0, 0.1) is 11.8 Å². The van der Waals surface area contributed by atoms with Gasteiger partial charge in [-0.1, -0.05) is 25.2 Å². The molecule has 1 nitrogen and oxygen atoms in total. The zero-order valence-corrected chi connectivity index (χ0v) is 7.08. The number of hydrogen-bond acceptors (Lipinski definition) is 1. The average Bonchev–Trinajstić information content (AvgIpc) is 1.97. The van der Waals surface area contributed by atoms with Crippen LogP contribution in [-0.2, 0) is 4.74 Å². The molecule has 0 aromatic rings. The van der Waals surface area contributed by atoms with E-state index >= 15 is 0 Å². The summed E-state index contributed by atoms with van der Waals surface area (Å²) in [5.41, 5.74) is 0. The number of alkyl halides is 1. The maximum Gasteiger partial charge on any atom is 0.107 e. The Kier molecular flexibility index (Phi) is 8.64. The van der Waals surface area contributed by atoms with E-state index in [1.165, 1.54) is 6.42 Å².